The van der Waals surface area contributed by atoms with E-state index in [4.69, 9.17) is 5.26 Å². The summed E-state index contributed by atoms with van der Waals surface area (Å²) in [6.07, 6.45) is 0.794. The summed E-state index contributed by atoms with van der Waals surface area (Å²) < 4.78 is 0. The average Bonchev–Trinajstić information content (AvgIpc) is 2.46. The van der Waals surface area contributed by atoms with E-state index in [0.717, 1.165) is 43.7 Å². The summed E-state index contributed by atoms with van der Waals surface area (Å²) in [6.45, 7) is 9.78. The Balaban J connectivity index is 2.34. The van der Waals surface area contributed by atoms with Crippen molar-refractivity contribution in [3.63, 3.8) is 0 Å². The number of hydrogen-bond acceptors (Lipinski definition) is 4. The van der Waals surface area contributed by atoms with E-state index in [1.54, 1.807) is 18.2 Å². The van der Waals surface area contributed by atoms with Gasteiger partial charge in [0.05, 0.1) is 11.6 Å². The van der Waals surface area contributed by atoms with Crippen molar-refractivity contribution < 1.29 is 5.11 Å². The van der Waals surface area contributed by atoms with Gasteiger partial charge >= 0.3 is 0 Å². The number of phenolic OH excluding ortho intramolecular Hbond substituents is 1. The van der Waals surface area contributed by atoms with Gasteiger partial charge in [0, 0.05) is 37.8 Å². The molecule has 0 saturated carbocycles. The molecule has 106 valence electrons. The van der Waals surface area contributed by atoms with E-state index < -0.39 is 0 Å². The van der Waals surface area contributed by atoms with Crippen LogP contribution in [0.15, 0.2) is 30.4 Å². The van der Waals surface area contributed by atoms with Crippen molar-refractivity contribution in [1.82, 2.24) is 10.2 Å². The van der Waals surface area contributed by atoms with Gasteiger partial charge in [0.2, 0.25) is 0 Å². The molecule has 1 heterocycles. The summed E-state index contributed by atoms with van der Waals surface area (Å²) >= 11 is 0. The maximum atomic E-state index is 10.2. The maximum Gasteiger partial charge on any atom is 0.120 e. The van der Waals surface area contributed by atoms with Gasteiger partial charge < -0.3 is 10.4 Å². The zero-order valence-electron chi connectivity index (χ0n) is 11.9. The van der Waals surface area contributed by atoms with E-state index in [9.17, 15) is 5.11 Å². The number of piperazine rings is 1. The molecule has 4 nitrogen and oxygen atoms in total. The van der Waals surface area contributed by atoms with Crippen molar-refractivity contribution in [1.29, 1.82) is 5.26 Å². The van der Waals surface area contributed by atoms with Crippen LogP contribution in [0.3, 0.4) is 0 Å². The van der Waals surface area contributed by atoms with Crippen LogP contribution in [0, 0.1) is 11.3 Å². The van der Waals surface area contributed by atoms with Gasteiger partial charge in [-0.2, -0.15) is 5.26 Å². The molecule has 0 aliphatic carbocycles. The van der Waals surface area contributed by atoms with Crippen molar-refractivity contribution >= 4 is 0 Å². The van der Waals surface area contributed by atoms with Crippen molar-refractivity contribution in [3.8, 4) is 11.8 Å². The third kappa shape index (κ3) is 3.38. The summed E-state index contributed by atoms with van der Waals surface area (Å²) in [5.41, 5.74) is 2.49. The average molecular weight is 271 g/mol. The number of nitrogens with zero attached hydrogens (tertiary/aromatic N) is 2. The first-order valence-corrected chi connectivity index (χ1v) is 6.94. The summed E-state index contributed by atoms with van der Waals surface area (Å²) in [7, 11) is 0. The number of phenols is 1. The van der Waals surface area contributed by atoms with Crippen molar-refractivity contribution in [3.05, 3.63) is 41.5 Å². The van der Waals surface area contributed by atoms with E-state index in [1.807, 2.05) is 6.92 Å². The van der Waals surface area contributed by atoms with Gasteiger partial charge in [-0.25, -0.2) is 0 Å². The fourth-order valence-corrected chi connectivity index (χ4v) is 2.65. The highest BCUT2D eigenvalue weighted by atomic mass is 16.3. The van der Waals surface area contributed by atoms with E-state index in [1.165, 1.54) is 0 Å². The molecule has 2 rings (SSSR count). The Kier molecular flexibility index (Phi) is 4.78. The summed E-state index contributed by atoms with van der Waals surface area (Å²) in [6, 6.07) is 7.28. The molecular formula is C16H21N3O. The Morgan fingerprint density at radius 2 is 2.20 bits per heavy atom. The monoisotopic (exact) mass is 271 g/mol. The molecule has 4 heteroatoms. The molecule has 0 bridgehead atoms. The van der Waals surface area contributed by atoms with E-state index in [-0.39, 0.29) is 11.8 Å². The first-order chi connectivity index (χ1) is 9.61. The molecule has 0 spiro atoms. The molecule has 1 aromatic carbocycles. The molecule has 2 N–H and O–H groups in total. The molecule has 0 unspecified atom stereocenters. The molecule has 0 amide bonds. The molecule has 1 aliphatic rings. The topological polar surface area (TPSA) is 59.3 Å². The van der Waals surface area contributed by atoms with Crippen molar-refractivity contribution in [2.45, 2.75) is 19.4 Å². The molecule has 1 aromatic rings. The zero-order chi connectivity index (χ0) is 14.5. The summed E-state index contributed by atoms with van der Waals surface area (Å²) in [5, 5.41) is 22.5. The van der Waals surface area contributed by atoms with Crippen LogP contribution in [0.2, 0.25) is 0 Å². The molecule has 0 radical (unpaired) electrons. The molecule has 1 saturated heterocycles. The van der Waals surface area contributed by atoms with E-state index in [2.05, 4.69) is 22.9 Å². The van der Waals surface area contributed by atoms with Gasteiger partial charge in [0.1, 0.15) is 5.75 Å². The second kappa shape index (κ2) is 6.56. The van der Waals surface area contributed by atoms with Crippen LogP contribution < -0.4 is 5.32 Å². The van der Waals surface area contributed by atoms with Crippen LogP contribution in [0.5, 0.6) is 5.75 Å². The lowest BCUT2D eigenvalue weighted by Gasteiger charge is -2.35. The van der Waals surface area contributed by atoms with Gasteiger partial charge in [-0.1, -0.05) is 5.57 Å². The third-order valence-electron chi connectivity index (χ3n) is 3.65. The quantitative estimate of drug-likeness (QED) is 0.824. The smallest absolute Gasteiger partial charge is 0.120 e. The molecular weight excluding hydrogens is 250 g/mol. The SMILES string of the molecule is C=C(C)C[C@H](c1cc(C#N)ccc1O)N1CCNCC1. The number of hydrogen-bond donors (Lipinski definition) is 2. The minimum atomic E-state index is 0.0860. The summed E-state index contributed by atoms with van der Waals surface area (Å²) in [4.78, 5) is 2.35. The Morgan fingerprint density at radius 3 is 2.80 bits per heavy atom. The van der Waals surface area contributed by atoms with Crippen LogP contribution in [0.25, 0.3) is 0 Å². The van der Waals surface area contributed by atoms with Crippen LogP contribution in [0.4, 0.5) is 0 Å². The lowest BCUT2D eigenvalue weighted by atomic mass is 9.95. The number of rotatable bonds is 4. The second-order valence-corrected chi connectivity index (χ2v) is 5.35. The van der Waals surface area contributed by atoms with Crippen LogP contribution in [-0.2, 0) is 0 Å². The third-order valence-corrected chi connectivity index (χ3v) is 3.65. The Morgan fingerprint density at radius 1 is 1.50 bits per heavy atom. The van der Waals surface area contributed by atoms with E-state index >= 15 is 0 Å². The molecule has 1 atom stereocenters. The highest BCUT2D eigenvalue weighted by Crippen LogP contribution is 2.33. The van der Waals surface area contributed by atoms with Crippen LogP contribution >= 0.6 is 0 Å². The van der Waals surface area contributed by atoms with Crippen LogP contribution in [0.1, 0.15) is 30.5 Å². The Labute approximate surface area is 120 Å². The minimum absolute atomic E-state index is 0.0860. The van der Waals surface area contributed by atoms with Gasteiger partial charge in [0.25, 0.3) is 0 Å². The number of benzene rings is 1. The summed E-state index contributed by atoms with van der Waals surface area (Å²) in [5.74, 6) is 0.258. The number of nitriles is 1. The normalized spacial score (nSPS) is 17.4. The van der Waals surface area contributed by atoms with Crippen LogP contribution in [-0.4, -0.2) is 36.2 Å². The largest absolute Gasteiger partial charge is 0.508 e. The van der Waals surface area contributed by atoms with Gasteiger partial charge in [0.15, 0.2) is 0 Å². The van der Waals surface area contributed by atoms with Gasteiger partial charge in [-0.3, -0.25) is 4.90 Å². The van der Waals surface area contributed by atoms with Gasteiger partial charge in [-0.15, -0.1) is 6.58 Å². The molecule has 1 aliphatic heterocycles. The molecule has 1 fully saturated rings. The van der Waals surface area contributed by atoms with Crippen molar-refractivity contribution in [2.24, 2.45) is 0 Å². The standard InChI is InChI=1S/C16H21N3O/c1-12(2)9-15(19-7-5-18-6-8-19)14-10-13(11-17)3-4-16(14)20/h3-4,10,15,18,20H,1,5-9H2,2H3/t15-/m1/s1. The highest BCUT2D eigenvalue weighted by molar-refractivity contribution is 5.43. The van der Waals surface area contributed by atoms with Gasteiger partial charge in [-0.05, 0) is 31.5 Å². The molecule has 0 aromatic heterocycles. The fourth-order valence-electron chi connectivity index (χ4n) is 2.65. The second-order valence-electron chi connectivity index (χ2n) is 5.35. The predicted molar refractivity (Wildman–Crippen MR) is 79.4 cm³/mol. The molecule has 20 heavy (non-hydrogen) atoms. The fraction of sp³-hybridized carbons (Fsp3) is 0.438. The lowest BCUT2D eigenvalue weighted by molar-refractivity contribution is 0.170. The first kappa shape index (κ1) is 14.6. The van der Waals surface area contributed by atoms with E-state index in [0.29, 0.717) is 5.56 Å². The zero-order valence-corrected chi connectivity index (χ0v) is 11.9. The lowest BCUT2D eigenvalue weighted by Crippen LogP contribution is -2.45. The maximum absolute atomic E-state index is 10.2. The predicted octanol–water partition coefficient (Wildman–Crippen LogP) is 2.18. The highest BCUT2D eigenvalue weighted by Gasteiger charge is 2.24. The first-order valence-electron chi connectivity index (χ1n) is 6.94. The minimum Gasteiger partial charge on any atom is -0.508 e. The Bertz CT molecular complexity index is 527. The Hall–Kier alpha value is -1.83. The van der Waals surface area contributed by atoms with Crippen molar-refractivity contribution in [2.75, 3.05) is 26.2 Å². The number of nitrogens with one attached hydrogen (secondary N) is 1. The number of aromatic hydroxyl groups is 1.